The number of hydrogen-bond donors (Lipinski definition) is 0. The summed E-state index contributed by atoms with van der Waals surface area (Å²) in [5.74, 6) is 1.61. The van der Waals surface area contributed by atoms with Crippen molar-refractivity contribution in [3.63, 3.8) is 0 Å². The van der Waals surface area contributed by atoms with E-state index in [4.69, 9.17) is 9.47 Å². The number of hydrogen-bond acceptors (Lipinski definition) is 5. The van der Waals surface area contributed by atoms with Crippen LogP contribution in [0.1, 0.15) is 5.69 Å². The molecule has 158 valence electrons. The quantitative estimate of drug-likeness (QED) is 0.373. The molecule has 5 aromatic rings. The van der Waals surface area contributed by atoms with E-state index in [0.717, 1.165) is 50.5 Å². The molecule has 0 bridgehead atoms. The van der Waals surface area contributed by atoms with Gasteiger partial charge in [-0.1, -0.05) is 6.07 Å². The minimum Gasteiger partial charge on any atom is -0.497 e. The molecule has 0 radical (unpaired) electrons. The van der Waals surface area contributed by atoms with Gasteiger partial charge >= 0.3 is 0 Å². The minimum atomic E-state index is 0.396. The summed E-state index contributed by atoms with van der Waals surface area (Å²) >= 11 is 0. The van der Waals surface area contributed by atoms with Crippen molar-refractivity contribution in [2.45, 2.75) is 6.61 Å². The van der Waals surface area contributed by atoms with Gasteiger partial charge in [0, 0.05) is 42.2 Å². The highest BCUT2D eigenvalue weighted by Gasteiger charge is 2.12. The van der Waals surface area contributed by atoms with E-state index in [0.29, 0.717) is 6.61 Å². The molecule has 0 fully saturated rings. The van der Waals surface area contributed by atoms with Gasteiger partial charge in [-0.3, -0.25) is 9.67 Å². The molecule has 0 amide bonds. The number of pyridine rings is 2. The number of aromatic nitrogens is 4. The predicted molar refractivity (Wildman–Crippen MR) is 125 cm³/mol. The van der Waals surface area contributed by atoms with Crippen molar-refractivity contribution in [3.05, 3.63) is 91.0 Å². The number of rotatable bonds is 6. The van der Waals surface area contributed by atoms with Crippen molar-refractivity contribution < 1.29 is 9.47 Å². The monoisotopic (exact) mass is 421 g/mol. The maximum Gasteiger partial charge on any atom is 0.130 e. The minimum absolute atomic E-state index is 0.396. The molecular weight excluding hydrogens is 399 g/mol. The molecule has 0 aliphatic heterocycles. The molecular formula is C26H22N4O2. The summed E-state index contributed by atoms with van der Waals surface area (Å²) in [7, 11) is 3.59. The lowest BCUT2D eigenvalue weighted by atomic mass is 10.0. The molecule has 0 saturated heterocycles. The van der Waals surface area contributed by atoms with Crippen LogP contribution in [0, 0.1) is 0 Å². The van der Waals surface area contributed by atoms with E-state index in [1.54, 1.807) is 19.5 Å². The Bertz CT molecular complexity index is 1360. The van der Waals surface area contributed by atoms with Crippen molar-refractivity contribution >= 4 is 10.9 Å². The van der Waals surface area contributed by atoms with Gasteiger partial charge < -0.3 is 9.47 Å². The second-order valence-corrected chi connectivity index (χ2v) is 7.48. The Morgan fingerprint density at radius 2 is 1.62 bits per heavy atom. The zero-order valence-electron chi connectivity index (χ0n) is 17.9. The van der Waals surface area contributed by atoms with E-state index in [1.165, 1.54) is 0 Å². The van der Waals surface area contributed by atoms with Crippen molar-refractivity contribution in [1.82, 2.24) is 19.7 Å². The summed E-state index contributed by atoms with van der Waals surface area (Å²) in [5.41, 5.74) is 5.90. The SMILES string of the molecule is Cn1cc(-c2ccncc2)c(-c2ccc(OCc3ccc4cc(O[11CH3])ccc4n3)cc2)n1. The summed E-state index contributed by atoms with van der Waals surface area (Å²) in [4.78, 5) is 8.79. The molecule has 3 aromatic heterocycles. The van der Waals surface area contributed by atoms with Crippen LogP contribution in [0.5, 0.6) is 11.5 Å². The predicted octanol–water partition coefficient (Wildman–Crippen LogP) is 5.28. The lowest BCUT2D eigenvalue weighted by Gasteiger charge is -2.08. The first-order chi connectivity index (χ1) is 15.7. The first kappa shape index (κ1) is 19.8. The van der Waals surface area contributed by atoms with Gasteiger partial charge in [0.1, 0.15) is 23.8 Å². The number of aryl methyl sites for hydroxylation is 1. The Morgan fingerprint density at radius 3 is 2.41 bits per heavy atom. The van der Waals surface area contributed by atoms with Gasteiger partial charge in [-0.15, -0.1) is 0 Å². The van der Waals surface area contributed by atoms with Crippen LogP contribution in [0.25, 0.3) is 33.3 Å². The Balaban J connectivity index is 1.32. The van der Waals surface area contributed by atoms with Crippen LogP contribution in [-0.2, 0) is 13.7 Å². The van der Waals surface area contributed by atoms with Gasteiger partial charge in [0.15, 0.2) is 0 Å². The molecule has 0 spiro atoms. The van der Waals surface area contributed by atoms with E-state index in [2.05, 4.69) is 15.1 Å². The van der Waals surface area contributed by atoms with Crippen molar-refractivity contribution in [2.75, 3.05) is 7.11 Å². The molecule has 0 aliphatic rings. The van der Waals surface area contributed by atoms with Gasteiger partial charge in [-0.2, -0.15) is 5.10 Å². The van der Waals surface area contributed by atoms with Crippen LogP contribution in [-0.4, -0.2) is 26.9 Å². The Kier molecular flexibility index (Phi) is 5.25. The molecule has 0 aliphatic carbocycles. The van der Waals surface area contributed by atoms with E-state index in [1.807, 2.05) is 84.7 Å². The summed E-state index contributed by atoms with van der Waals surface area (Å²) in [6, 6.07) is 21.8. The smallest absolute Gasteiger partial charge is 0.130 e. The lowest BCUT2D eigenvalue weighted by Crippen LogP contribution is -1.98. The Labute approximate surface area is 186 Å². The molecule has 3 heterocycles. The zero-order valence-corrected chi connectivity index (χ0v) is 17.9. The summed E-state index contributed by atoms with van der Waals surface area (Å²) in [6.45, 7) is 0.396. The summed E-state index contributed by atoms with van der Waals surface area (Å²) < 4.78 is 13.1. The first-order valence-electron chi connectivity index (χ1n) is 10.3. The number of benzene rings is 2. The average Bonchev–Trinajstić information content (AvgIpc) is 3.24. The highest BCUT2D eigenvalue weighted by Crippen LogP contribution is 2.31. The van der Waals surface area contributed by atoms with Crippen LogP contribution in [0.3, 0.4) is 0 Å². The molecule has 6 heteroatoms. The highest BCUT2D eigenvalue weighted by atomic mass is 16.5. The first-order valence-corrected chi connectivity index (χ1v) is 10.3. The highest BCUT2D eigenvalue weighted by molar-refractivity contribution is 5.81. The standard InChI is InChI=1S/C26H22N4O2/c1-30-16-24(18-11-13-27-14-12-18)26(29-30)19-4-7-22(8-5-19)32-17-21-6-3-20-15-23(31-2)9-10-25(20)28-21/h3-16H,17H2,1-2H3/i2-1. The summed E-state index contributed by atoms with van der Waals surface area (Å²) in [6.07, 6.45) is 5.61. The lowest BCUT2D eigenvalue weighted by molar-refractivity contribution is 0.302. The third kappa shape index (κ3) is 4.03. The molecule has 0 atom stereocenters. The van der Waals surface area contributed by atoms with Gasteiger partial charge in [0.2, 0.25) is 0 Å². The van der Waals surface area contributed by atoms with Crippen LogP contribution in [0.15, 0.2) is 85.3 Å². The van der Waals surface area contributed by atoms with Crippen molar-refractivity contribution in [3.8, 4) is 33.9 Å². The number of ether oxygens (including phenoxy) is 2. The summed E-state index contributed by atoms with van der Waals surface area (Å²) in [5, 5.41) is 5.70. The number of methoxy groups -OCH3 is 1. The van der Waals surface area contributed by atoms with Gasteiger partial charge in [-0.05, 0) is 66.2 Å². The fourth-order valence-corrected chi connectivity index (χ4v) is 3.66. The average molecular weight is 421 g/mol. The van der Waals surface area contributed by atoms with Crippen LogP contribution >= 0.6 is 0 Å². The van der Waals surface area contributed by atoms with Crippen LogP contribution in [0.2, 0.25) is 0 Å². The van der Waals surface area contributed by atoms with Gasteiger partial charge in [0.05, 0.1) is 18.3 Å². The largest absolute Gasteiger partial charge is 0.497 e. The third-order valence-corrected chi connectivity index (χ3v) is 5.29. The zero-order chi connectivity index (χ0) is 21.9. The fourth-order valence-electron chi connectivity index (χ4n) is 3.66. The molecule has 0 saturated carbocycles. The van der Waals surface area contributed by atoms with E-state index in [-0.39, 0.29) is 0 Å². The van der Waals surface area contributed by atoms with E-state index >= 15 is 0 Å². The maximum atomic E-state index is 5.98. The second-order valence-electron chi connectivity index (χ2n) is 7.48. The maximum absolute atomic E-state index is 5.98. The van der Waals surface area contributed by atoms with Crippen LogP contribution in [0.4, 0.5) is 0 Å². The van der Waals surface area contributed by atoms with Crippen molar-refractivity contribution in [2.24, 2.45) is 7.05 Å². The Hall–Kier alpha value is -4.19. The van der Waals surface area contributed by atoms with E-state index < -0.39 is 0 Å². The Morgan fingerprint density at radius 1 is 0.844 bits per heavy atom. The number of nitrogens with zero attached hydrogens (tertiary/aromatic N) is 4. The molecule has 32 heavy (non-hydrogen) atoms. The van der Waals surface area contributed by atoms with Gasteiger partial charge in [0.25, 0.3) is 0 Å². The normalized spacial score (nSPS) is 10.9. The van der Waals surface area contributed by atoms with Gasteiger partial charge in [-0.25, -0.2) is 4.98 Å². The molecule has 0 unspecified atom stereocenters. The second kappa shape index (κ2) is 8.51. The van der Waals surface area contributed by atoms with Crippen LogP contribution < -0.4 is 9.47 Å². The third-order valence-electron chi connectivity index (χ3n) is 5.29. The van der Waals surface area contributed by atoms with Crippen molar-refractivity contribution in [1.29, 1.82) is 0 Å². The molecule has 2 aromatic carbocycles. The molecule has 0 N–H and O–H groups in total. The molecule has 5 rings (SSSR count). The topological polar surface area (TPSA) is 62.1 Å². The molecule has 6 nitrogen and oxygen atoms in total. The number of fused-ring (bicyclic) bond motifs is 1. The fraction of sp³-hybridized carbons (Fsp3) is 0.115. The van der Waals surface area contributed by atoms with E-state index in [9.17, 15) is 0 Å².